The summed E-state index contributed by atoms with van der Waals surface area (Å²) in [5.74, 6) is -0.435. The van der Waals surface area contributed by atoms with Crippen molar-refractivity contribution in [1.82, 2.24) is 5.32 Å². The standard InChI is InChI=1S/C8H13NO2/c10-8(11)4-3-7-2-1-5-9-6-7/h3-4,7,9H,1-2,5-6H2,(H,10,11)/b4-3+/t7-/m1/s1. The highest BCUT2D eigenvalue weighted by Gasteiger charge is 2.08. The van der Waals surface area contributed by atoms with Crippen LogP contribution in [0.25, 0.3) is 0 Å². The van der Waals surface area contributed by atoms with Crippen molar-refractivity contribution in [2.24, 2.45) is 5.92 Å². The van der Waals surface area contributed by atoms with Gasteiger partial charge < -0.3 is 10.4 Å². The Kier molecular flexibility index (Phi) is 3.11. The first kappa shape index (κ1) is 8.27. The van der Waals surface area contributed by atoms with Crippen LogP contribution in [0.1, 0.15) is 12.8 Å². The van der Waals surface area contributed by atoms with Gasteiger partial charge in [-0.25, -0.2) is 4.79 Å². The fraction of sp³-hybridized carbons (Fsp3) is 0.625. The van der Waals surface area contributed by atoms with Gasteiger partial charge in [0.25, 0.3) is 0 Å². The maximum Gasteiger partial charge on any atom is 0.327 e. The van der Waals surface area contributed by atoms with Gasteiger partial charge in [-0.1, -0.05) is 6.08 Å². The zero-order valence-corrected chi connectivity index (χ0v) is 6.42. The normalized spacial score (nSPS) is 25.6. The Morgan fingerprint density at radius 2 is 2.45 bits per heavy atom. The maximum absolute atomic E-state index is 10.1. The maximum atomic E-state index is 10.1. The molecule has 1 aliphatic heterocycles. The Labute approximate surface area is 66.1 Å². The highest BCUT2D eigenvalue weighted by Crippen LogP contribution is 2.10. The third kappa shape index (κ3) is 3.18. The van der Waals surface area contributed by atoms with E-state index in [1.807, 2.05) is 0 Å². The van der Waals surface area contributed by atoms with Gasteiger partial charge in [-0.2, -0.15) is 0 Å². The van der Waals surface area contributed by atoms with E-state index in [1.54, 1.807) is 6.08 Å². The van der Waals surface area contributed by atoms with Crippen molar-refractivity contribution < 1.29 is 9.90 Å². The van der Waals surface area contributed by atoms with Crippen LogP contribution in [-0.4, -0.2) is 24.2 Å². The SMILES string of the molecule is O=C(O)/C=C/[C@H]1CCCNC1. The zero-order valence-electron chi connectivity index (χ0n) is 6.42. The molecule has 3 heteroatoms. The molecule has 0 bridgehead atoms. The van der Waals surface area contributed by atoms with Crippen LogP contribution >= 0.6 is 0 Å². The molecule has 0 amide bonds. The Balaban J connectivity index is 2.29. The molecule has 1 heterocycles. The predicted molar refractivity (Wildman–Crippen MR) is 42.4 cm³/mol. The summed E-state index contributed by atoms with van der Waals surface area (Å²) in [4.78, 5) is 10.1. The third-order valence-electron chi connectivity index (χ3n) is 1.85. The van der Waals surface area contributed by atoms with E-state index in [2.05, 4.69) is 5.32 Å². The summed E-state index contributed by atoms with van der Waals surface area (Å²) < 4.78 is 0. The lowest BCUT2D eigenvalue weighted by molar-refractivity contribution is -0.131. The van der Waals surface area contributed by atoms with Gasteiger partial charge in [-0.15, -0.1) is 0 Å². The number of hydrogen-bond acceptors (Lipinski definition) is 2. The molecule has 0 aliphatic carbocycles. The molecular weight excluding hydrogens is 142 g/mol. The first-order valence-corrected chi connectivity index (χ1v) is 3.91. The molecule has 1 rings (SSSR count). The van der Waals surface area contributed by atoms with Crippen molar-refractivity contribution in [2.45, 2.75) is 12.8 Å². The highest BCUT2D eigenvalue weighted by atomic mass is 16.4. The summed E-state index contributed by atoms with van der Waals surface area (Å²) in [6.07, 6.45) is 5.26. The molecule has 62 valence electrons. The van der Waals surface area contributed by atoms with Crippen molar-refractivity contribution in [3.63, 3.8) is 0 Å². The molecule has 1 atom stereocenters. The van der Waals surface area contributed by atoms with E-state index in [0.717, 1.165) is 25.9 Å². The number of carbonyl (C=O) groups is 1. The summed E-state index contributed by atoms with van der Waals surface area (Å²) in [5, 5.41) is 11.6. The van der Waals surface area contributed by atoms with Crippen LogP contribution in [0.5, 0.6) is 0 Å². The topological polar surface area (TPSA) is 49.3 Å². The van der Waals surface area contributed by atoms with Crippen molar-refractivity contribution >= 4 is 5.97 Å². The number of hydrogen-bond donors (Lipinski definition) is 2. The van der Waals surface area contributed by atoms with Gasteiger partial charge in [0.15, 0.2) is 0 Å². The molecule has 1 saturated heterocycles. The van der Waals surface area contributed by atoms with Crippen molar-refractivity contribution in [3.05, 3.63) is 12.2 Å². The van der Waals surface area contributed by atoms with Gasteiger partial charge in [0.1, 0.15) is 0 Å². The predicted octanol–water partition coefficient (Wildman–Crippen LogP) is 0.627. The quantitative estimate of drug-likeness (QED) is 0.575. The summed E-state index contributed by atoms with van der Waals surface area (Å²) in [7, 11) is 0. The largest absolute Gasteiger partial charge is 0.478 e. The summed E-state index contributed by atoms with van der Waals surface area (Å²) in [5.41, 5.74) is 0. The molecule has 3 nitrogen and oxygen atoms in total. The van der Waals surface area contributed by atoms with E-state index in [1.165, 1.54) is 6.08 Å². The van der Waals surface area contributed by atoms with Gasteiger partial charge in [0.2, 0.25) is 0 Å². The average Bonchev–Trinajstić information content (AvgIpc) is 2.03. The molecule has 2 N–H and O–H groups in total. The summed E-state index contributed by atoms with van der Waals surface area (Å²) in [6.45, 7) is 1.99. The Bertz CT molecular complexity index is 159. The minimum atomic E-state index is -0.851. The molecule has 0 aromatic rings. The van der Waals surface area contributed by atoms with E-state index in [0.29, 0.717) is 5.92 Å². The van der Waals surface area contributed by atoms with Crippen LogP contribution in [0.15, 0.2) is 12.2 Å². The Morgan fingerprint density at radius 3 is 3.00 bits per heavy atom. The second-order valence-corrected chi connectivity index (χ2v) is 2.80. The lowest BCUT2D eigenvalue weighted by Gasteiger charge is -2.18. The number of rotatable bonds is 2. The van der Waals surface area contributed by atoms with Crippen molar-refractivity contribution in [1.29, 1.82) is 0 Å². The molecule has 11 heavy (non-hydrogen) atoms. The number of nitrogens with one attached hydrogen (secondary N) is 1. The second-order valence-electron chi connectivity index (χ2n) is 2.80. The van der Waals surface area contributed by atoms with Crippen molar-refractivity contribution in [2.75, 3.05) is 13.1 Å². The fourth-order valence-corrected chi connectivity index (χ4v) is 1.26. The van der Waals surface area contributed by atoms with E-state index in [9.17, 15) is 4.79 Å². The average molecular weight is 155 g/mol. The first-order valence-electron chi connectivity index (χ1n) is 3.91. The van der Waals surface area contributed by atoms with E-state index < -0.39 is 5.97 Å². The minimum Gasteiger partial charge on any atom is -0.478 e. The van der Waals surface area contributed by atoms with Crippen LogP contribution in [0, 0.1) is 5.92 Å². The molecule has 1 aliphatic rings. The molecule has 0 spiro atoms. The van der Waals surface area contributed by atoms with Crippen LogP contribution in [-0.2, 0) is 4.79 Å². The van der Waals surface area contributed by atoms with Gasteiger partial charge in [-0.3, -0.25) is 0 Å². The number of carboxylic acids is 1. The van der Waals surface area contributed by atoms with E-state index >= 15 is 0 Å². The Hall–Kier alpha value is -0.830. The lowest BCUT2D eigenvalue weighted by Crippen LogP contribution is -2.28. The molecule has 0 aromatic carbocycles. The molecule has 0 aromatic heterocycles. The third-order valence-corrected chi connectivity index (χ3v) is 1.85. The van der Waals surface area contributed by atoms with E-state index in [4.69, 9.17) is 5.11 Å². The number of aliphatic carboxylic acids is 1. The van der Waals surface area contributed by atoms with Crippen LogP contribution in [0.3, 0.4) is 0 Å². The highest BCUT2D eigenvalue weighted by molar-refractivity contribution is 5.79. The van der Waals surface area contributed by atoms with Gasteiger partial charge in [0, 0.05) is 12.6 Å². The van der Waals surface area contributed by atoms with Crippen molar-refractivity contribution in [3.8, 4) is 0 Å². The zero-order chi connectivity index (χ0) is 8.10. The molecular formula is C8H13NO2. The van der Waals surface area contributed by atoms with E-state index in [-0.39, 0.29) is 0 Å². The smallest absolute Gasteiger partial charge is 0.327 e. The molecule has 1 fully saturated rings. The summed E-state index contributed by atoms with van der Waals surface area (Å²) in [6, 6.07) is 0. The summed E-state index contributed by atoms with van der Waals surface area (Å²) >= 11 is 0. The van der Waals surface area contributed by atoms with Crippen LogP contribution < -0.4 is 5.32 Å². The molecule has 0 unspecified atom stereocenters. The number of piperidine rings is 1. The lowest BCUT2D eigenvalue weighted by atomic mass is 9.99. The first-order chi connectivity index (χ1) is 5.29. The number of carboxylic acid groups (broad SMARTS) is 1. The van der Waals surface area contributed by atoms with Crippen LogP contribution in [0.2, 0.25) is 0 Å². The van der Waals surface area contributed by atoms with Gasteiger partial charge >= 0.3 is 5.97 Å². The fourth-order valence-electron chi connectivity index (χ4n) is 1.26. The monoisotopic (exact) mass is 155 g/mol. The van der Waals surface area contributed by atoms with Crippen LogP contribution in [0.4, 0.5) is 0 Å². The minimum absolute atomic E-state index is 0.417. The Morgan fingerprint density at radius 1 is 1.64 bits per heavy atom. The van der Waals surface area contributed by atoms with Gasteiger partial charge in [0.05, 0.1) is 0 Å². The molecule has 0 saturated carbocycles. The van der Waals surface area contributed by atoms with Gasteiger partial charge in [-0.05, 0) is 25.3 Å². The second kappa shape index (κ2) is 4.13. The molecule has 0 radical (unpaired) electrons.